The molecule has 6 nitrogen and oxygen atoms in total. The van der Waals surface area contributed by atoms with Crippen LogP contribution in [0.15, 0.2) is 36.7 Å². The van der Waals surface area contributed by atoms with Crippen LogP contribution in [0, 0.1) is 11.8 Å². The third-order valence-corrected chi connectivity index (χ3v) is 5.17. The maximum absolute atomic E-state index is 13.5. The molecule has 0 N–H and O–H groups in total. The van der Waals surface area contributed by atoms with Gasteiger partial charge in [-0.25, -0.2) is 8.78 Å². The largest absolute Gasteiger partial charge is 0.497 e. The Morgan fingerprint density at radius 3 is 2.56 bits per heavy atom. The Kier molecular flexibility index (Phi) is 2.84. The molecule has 3 heterocycles. The zero-order valence-electron chi connectivity index (χ0n) is 13.4. The predicted octanol–water partition coefficient (Wildman–Crippen LogP) is 2.50. The van der Waals surface area contributed by atoms with Crippen molar-refractivity contribution >= 4 is 11.3 Å². The van der Waals surface area contributed by atoms with E-state index in [1.54, 1.807) is 11.6 Å². The summed E-state index contributed by atoms with van der Waals surface area (Å²) in [6.07, 6.45) is 1.53. The molecule has 0 spiro atoms. The van der Waals surface area contributed by atoms with E-state index in [-0.39, 0.29) is 0 Å². The van der Waals surface area contributed by atoms with Gasteiger partial charge in [0.2, 0.25) is 5.65 Å². The van der Waals surface area contributed by atoms with Crippen LogP contribution < -0.4 is 9.64 Å². The summed E-state index contributed by atoms with van der Waals surface area (Å²) in [6.45, 7) is 0.679. The van der Waals surface area contributed by atoms with Gasteiger partial charge in [-0.1, -0.05) is 0 Å². The van der Waals surface area contributed by atoms with Crippen LogP contribution in [0.5, 0.6) is 5.75 Å². The Morgan fingerprint density at radius 2 is 1.88 bits per heavy atom. The van der Waals surface area contributed by atoms with Crippen molar-refractivity contribution in [3.63, 3.8) is 0 Å². The summed E-state index contributed by atoms with van der Waals surface area (Å²) in [7, 11) is 1.61. The molecule has 1 saturated carbocycles. The first-order chi connectivity index (χ1) is 12.1. The Morgan fingerprint density at radius 1 is 1.16 bits per heavy atom. The summed E-state index contributed by atoms with van der Waals surface area (Å²) in [4.78, 5) is 1.96. The van der Waals surface area contributed by atoms with Gasteiger partial charge in [0.15, 0.2) is 0 Å². The number of anilines is 1. The lowest BCUT2D eigenvalue weighted by Crippen LogP contribution is -2.28. The van der Waals surface area contributed by atoms with Crippen molar-refractivity contribution in [3.05, 3.63) is 36.7 Å². The highest BCUT2D eigenvalue weighted by Gasteiger charge is 2.71. The lowest BCUT2D eigenvalue weighted by molar-refractivity contribution is 0.0798. The van der Waals surface area contributed by atoms with Crippen molar-refractivity contribution < 1.29 is 13.5 Å². The molecule has 2 aliphatic rings. The van der Waals surface area contributed by atoms with Crippen LogP contribution in [0.1, 0.15) is 0 Å². The van der Waals surface area contributed by atoms with E-state index in [2.05, 4.69) is 15.3 Å². The van der Waals surface area contributed by atoms with E-state index in [9.17, 15) is 8.78 Å². The number of alkyl halides is 2. The molecular formula is C17H15F2N5O. The summed E-state index contributed by atoms with van der Waals surface area (Å²) in [6, 6.07) is 9.44. The molecule has 1 aliphatic heterocycles. The molecule has 2 unspecified atom stereocenters. The van der Waals surface area contributed by atoms with Gasteiger partial charge in [-0.05, 0) is 30.3 Å². The third kappa shape index (κ3) is 2.09. The number of nitrogens with zero attached hydrogens (tertiary/aromatic N) is 5. The van der Waals surface area contributed by atoms with Crippen LogP contribution in [0.4, 0.5) is 14.5 Å². The van der Waals surface area contributed by atoms with Gasteiger partial charge in [-0.3, -0.25) is 0 Å². The van der Waals surface area contributed by atoms with E-state index in [1.165, 1.54) is 6.33 Å². The van der Waals surface area contributed by atoms with Crippen LogP contribution in [0.25, 0.3) is 16.9 Å². The fourth-order valence-electron chi connectivity index (χ4n) is 3.65. The standard InChI is InChI=1S/C17H15F2N5O/c1-25-11-4-2-10(3-5-11)14-6-15(16-21-20-9-24(16)22-14)23-7-12-13(8-23)17(12,18)19/h2-6,9,12-13H,7-8H2,1H3. The smallest absolute Gasteiger partial charge is 0.258 e. The number of methoxy groups -OCH3 is 1. The Hall–Kier alpha value is -2.77. The molecule has 0 radical (unpaired) electrons. The van der Waals surface area contributed by atoms with Crippen molar-refractivity contribution in [1.29, 1.82) is 0 Å². The van der Waals surface area contributed by atoms with Gasteiger partial charge >= 0.3 is 0 Å². The molecule has 2 atom stereocenters. The van der Waals surface area contributed by atoms with E-state index in [0.29, 0.717) is 18.7 Å². The molecule has 8 heteroatoms. The average molecular weight is 343 g/mol. The van der Waals surface area contributed by atoms with Crippen LogP contribution >= 0.6 is 0 Å². The van der Waals surface area contributed by atoms with Gasteiger partial charge in [-0.2, -0.15) is 9.61 Å². The first kappa shape index (κ1) is 14.6. The topological polar surface area (TPSA) is 55.5 Å². The lowest BCUT2D eigenvalue weighted by atomic mass is 10.1. The van der Waals surface area contributed by atoms with Gasteiger partial charge in [0, 0.05) is 18.7 Å². The molecule has 0 bridgehead atoms. The predicted molar refractivity (Wildman–Crippen MR) is 86.9 cm³/mol. The highest BCUT2D eigenvalue weighted by molar-refractivity contribution is 5.75. The minimum Gasteiger partial charge on any atom is -0.497 e. The normalized spacial score (nSPS) is 23.7. The van der Waals surface area contributed by atoms with Gasteiger partial charge in [0.05, 0.1) is 30.3 Å². The van der Waals surface area contributed by atoms with E-state index >= 15 is 0 Å². The second kappa shape index (κ2) is 4.87. The zero-order valence-corrected chi connectivity index (χ0v) is 13.4. The second-order valence-corrected chi connectivity index (χ2v) is 6.53. The molecule has 2 fully saturated rings. The van der Waals surface area contributed by atoms with Crippen LogP contribution in [0.3, 0.4) is 0 Å². The summed E-state index contributed by atoms with van der Waals surface area (Å²) >= 11 is 0. The van der Waals surface area contributed by atoms with Gasteiger partial charge in [-0.15, -0.1) is 10.2 Å². The van der Waals surface area contributed by atoms with Crippen molar-refractivity contribution in [1.82, 2.24) is 19.8 Å². The average Bonchev–Trinajstić information content (AvgIpc) is 3.09. The summed E-state index contributed by atoms with van der Waals surface area (Å²) < 4.78 is 33.8. The van der Waals surface area contributed by atoms with Crippen molar-refractivity contribution in [2.45, 2.75) is 5.92 Å². The summed E-state index contributed by atoms with van der Waals surface area (Å²) in [5.74, 6) is -2.84. The second-order valence-electron chi connectivity index (χ2n) is 6.53. The minimum absolute atomic E-state index is 0.340. The number of hydrogen-bond acceptors (Lipinski definition) is 5. The Balaban J connectivity index is 1.55. The first-order valence-electron chi connectivity index (χ1n) is 8.06. The number of piperidine rings is 1. The lowest BCUT2D eigenvalue weighted by Gasteiger charge is -2.22. The highest BCUT2D eigenvalue weighted by atomic mass is 19.3. The molecule has 25 heavy (non-hydrogen) atoms. The molecule has 5 rings (SSSR count). The Bertz CT molecular complexity index is 941. The zero-order chi connectivity index (χ0) is 17.2. The van der Waals surface area contributed by atoms with E-state index < -0.39 is 17.8 Å². The summed E-state index contributed by atoms with van der Waals surface area (Å²) in [5.41, 5.74) is 3.02. The number of halogens is 2. The molecule has 128 valence electrons. The number of benzene rings is 1. The molecular weight excluding hydrogens is 328 g/mol. The van der Waals surface area contributed by atoms with E-state index in [0.717, 1.165) is 22.7 Å². The van der Waals surface area contributed by atoms with Crippen LogP contribution in [0.2, 0.25) is 0 Å². The first-order valence-corrected chi connectivity index (χ1v) is 8.06. The number of aromatic nitrogens is 4. The Labute approximate surface area is 142 Å². The fourth-order valence-corrected chi connectivity index (χ4v) is 3.65. The van der Waals surface area contributed by atoms with Gasteiger partial charge < -0.3 is 9.64 Å². The molecule has 1 aromatic carbocycles. The van der Waals surface area contributed by atoms with Crippen LogP contribution in [-0.4, -0.2) is 45.9 Å². The summed E-state index contributed by atoms with van der Waals surface area (Å²) in [5, 5.41) is 12.5. The number of rotatable bonds is 3. The molecule has 1 aliphatic carbocycles. The quantitative estimate of drug-likeness (QED) is 0.731. The molecule has 3 aromatic rings. The van der Waals surface area contributed by atoms with Crippen molar-refractivity contribution in [3.8, 4) is 17.0 Å². The fraction of sp³-hybridized carbons (Fsp3) is 0.353. The van der Waals surface area contributed by atoms with Crippen molar-refractivity contribution in [2.75, 3.05) is 25.1 Å². The SMILES string of the molecule is COc1ccc(-c2cc(N3CC4C(C3)C4(F)F)c3nncn3n2)cc1. The van der Waals surface area contributed by atoms with Gasteiger partial charge in [0.25, 0.3) is 5.92 Å². The molecule has 1 saturated heterocycles. The van der Waals surface area contributed by atoms with E-state index in [4.69, 9.17) is 4.74 Å². The number of hydrogen-bond donors (Lipinski definition) is 0. The highest BCUT2D eigenvalue weighted by Crippen LogP contribution is 2.59. The van der Waals surface area contributed by atoms with E-state index in [1.807, 2.05) is 35.2 Å². The van der Waals surface area contributed by atoms with Gasteiger partial charge in [0.1, 0.15) is 12.1 Å². The molecule has 0 amide bonds. The molecule has 2 aromatic heterocycles. The maximum Gasteiger partial charge on any atom is 0.258 e. The maximum atomic E-state index is 13.5. The van der Waals surface area contributed by atoms with Crippen molar-refractivity contribution in [2.24, 2.45) is 11.8 Å². The minimum atomic E-state index is -2.51. The number of ether oxygens (including phenoxy) is 1. The third-order valence-electron chi connectivity index (χ3n) is 5.17. The monoisotopic (exact) mass is 343 g/mol. The van der Waals surface area contributed by atoms with Crippen LogP contribution in [-0.2, 0) is 0 Å². The number of fused-ring (bicyclic) bond motifs is 2.